The maximum atomic E-state index is 13.3. The number of hydrogen-bond acceptors (Lipinski definition) is 6. The number of likely N-dealkylation sites (tertiary alicyclic amines) is 1. The zero-order valence-electron chi connectivity index (χ0n) is 18.7. The number of benzene rings is 1. The van der Waals surface area contributed by atoms with Crippen molar-refractivity contribution in [3.63, 3.8) is 0 Å². The lowest BCUT2D eigenvalue weighted by atomic mass is 9.81. The number of anilines is 1. The molecule has 2 aromatic rings. The SMILES string of the molecule is CC(=O)NCCCSc1cnc(CC(=O)N2CC3(CCN(C(C)=O)C3)c3cc(Cl)ccc32)s1. The number of carbonyl (C=O) groups is 3. The van der Waals surface area contributed by atoms with Gasteiger partial charge in [-0.15, -0.1) is 23.1 Å². The Bertz CT molecular complexity index is 1080. The van der Waals surface area contributed by atoms with Gasteiger partial charge in [0.2, 0.25) is 17.7 Å². The second kappa shape index (κ2) is 10.0. The fourth-order valence-corrected chi connectivity index (χ4v) is 6.73. The molecule has 4 rings (SSSR count). The Labute approximate surface area is 206 Å². The van der Waals surface area contributed by atoms with Crippen LogP contribution in [0.5, 0.6) is 0 Å². The van der Waals surface area contributed by atoms with E-state index >= 15 is 0 Å². The van der Waals surface area contributed by atoms with Crippen LogP contribution in [0.15, 0.2) is 28.6 Å². The molecule has 0 aliphatic carbocycles. The highest BCUT2D eigenvalue weighted by Gasteiger charge is 2.49. The first-order valence-electron chi connectivity index (χ1n) is 11.0. The molecule has 7 nitrogen and oxygen atoms in total. The van der Waals surface area contributed by atoms with Gasteiger partial charge in [-0.25, -0.2) is 4.98 Å². The van der Waals surface area contributed by atoms with Crippen LogP contribution >= 0.6 is 34.7 Å². The lowest BCUT2D eigenvalue weighted by Crippen LogP contribution is -2.40. The van der Waals surface area contributed by atoms with E-state index in [1.807, 2.05) is 34.2 Å². The summed E-state index contributed by atoms with van der Waals surface area (Å²) >= 11 is 9.53. The molecule has 1 saturated heterocycles. The van der Waals surface area contributed by atoms with Gasteiger partial charge < -0.3 is 15.1 Å². The Morgan fingerprint density at radius 1 is 1.27 bits per heavy atom. The van der Waals surface area contributed by atoms with Crippen LogP contribution < -0.4 is 10.2 Å². The van der Waals surface area contributed by atoms with E-state index in [9.17, 15) is 14.4 Å². The minimum atomic E-state index is -0.265. The monoisotopic (exact) mass is 506 g/mol. The van der Waals surface area contributed by atoms with E-state index in [1.165, 1.54) is 18.3 Å². The van der Waals surface area contributed by atoms with Gasteiger partial charge in [0.25, 0.3) is 0 Å². The van der Waals surface area contributed by atoms with E-state index in [1.54, 1.807) is 18.7 Å². The number of thioether (sulfide) groups is 1. The number of halogens is 1. The predicted molar refractivity (Wildman–Crippen MR) is 132 cm³/mol. The molecule has 176 valence electrons. The Hall–Kier alpha value is -2.10. The summed E-state index contributed by atoms with van der Waals surface area (Å²) in [6.07, 6.45) is 3.76. The number of aromatic nitrogens is 1. The molecular weight excluding hydrogens is 480 g/mol. The number of thiazole rings is 1. The van der Waals surface area contributed by atoms with Gasteiger partial charge in [-0.1, -0.05) is 11.6 Å². The number of fused-ring (bicyclic) bond motifs is 2. The van der Waals surface area contributed by atoms with Crippen LogP contribution in [0.25, 0.3) is 0 Å². The minimum absolute atomic E-state index is 0.00767. The molecule has 33 heavy (non-hydrogen) atoms. The van der Waals surface area contributed by atoms with Crippen molar-refractivity contribution in [2.24, 2.45) is 0 Å². The van der Waals surface area contributed by atoms with Gasteiger partial charge in [0.05, 0.1) is 16.8 Å². The smallest absolute Gasteiger partial charge is 0.233 e. The highest BCUT2D eigenvalue weighted by atomic mass is 35.5. The molecule has 2 aliphatic rings. The standard InChI is InChI=1S/C23H27ClN4O3S2/c1-15(29)25-7-3-9-32-22-12-26-20(33-22)11-21(31)28-14-23(6-8-27(13-23)16(2)30)18-10-17(24)4-5-19(18)28/h4-5,10,12H,3,6-9,11,13-14H2,1-2H3,(H,25,29). The molecule has 1 aromatic heterocycles. The molecule has 3 amide bonds. The van der Waals surface area contributed by atoms with Gasteiger partial charge in [-0.3, -0.25) is 14.4 Å². The first kappa shape index (κ1) is 24.0. The number of rotatable bonds is 7. The van der Waals surface area contributed by atoms with Gasteiger partial charge in [0.1, 0.15) is 5.01 Å². The fourth-order valence-electron chi connectivity index (χ4n) is 4.53. The first-order chi connectivity index (χ1) is 15.8. The van der Waals surface area contributed by atoms with Gasteiger partial charge in [-0.2, -0.15) is 0 Å². The minimum Gasteiger partial charge on any atom is -0.356 e. The molecule has 1 atom stereocenters. The molecule has 2 aliphatic heterocycles. The lowest BCUT2D eigenvalue weighted by Gasteiger charge is -2.25. The quantitative estimate of drug-likeness (QED) is 0.459. The average molecular weight is 507 g/mol. The maximum absolute atomic E-state index is 13.3. The van der Waals surface area contributed by atoms with Crippen LogP contribution in [-0.4, -0.2) is 59.5 Å². The Morgan fingerprint density at radius 2 is 2.09 bits per heavy atom. The van der Waals surface area contributed by atoms with E-state index in [-0.39, 0.29) is 29.6 Å². The van der Waals surface area contributed by atoms with Crippen molar-refractivity contribution < 1.29 is 14.4 Å². The summed E-state index contributed by atoms with van der Waals surface area (Å²) in [7, 11) is 0. The molecule has 1 aromatic carbocycles. The van der Waals surface area contributed by atoms with E-state index < -0.39 is 0 Å². The molecule has 10 heteroatoms. The van der Waals surface area contributed by atoms with E-state index in [0.29, 0.717) is 31.2 Å². The van der Waals surface area contributed by atoms with Crippen molar-refractivity contribution in [2.45, 2.75) is 42.7 Å². The summed E-state index contributed by atoms with van der Waals surface area (Å²) in [4.78, 5) is 44.4. The predicted octanol–water partition coefficient (Wildman–Crippen LogP) is 3.49. The Kier molecular flexibility index (Phi) is 7.31. The largest absolute Gasteiger partial charge is 0.356 e. The van der Waals surface area contributed by atoms with Crippen LogP contribution in [0.2, 0.25) is 5.02 Å². The Morgan fingerprint density at radius 3 is 2.82 bits per heavy atom. The number of nitrogens with zero attached hydrogens (tertiary/aromatic N) is 3. The third-order valence-electron chi connectivity index (χ3n) is 6.16. The summed E-state index contributed by atoms with van der Waals surface area (Å²) in [5, 5.41) is 4.22. The zero-order valence-corrected chi connectivity index (χ0v) is 21.1. The van der Waals surface area contributed by atoms with Crippen LogP contribution in [0.3, 0.4) is 0 Å². The molecular formula is C23H27ClN4O3S2. The second-order valence-corrected chi connectivity index (χ2v) is 11.5. The molecule has 1 unspecified atom stereocenters. The van der Waals surface area contributed by atoms with Crippen LogP contribution in [0, 0.1) is 0 Å². The molecule has 0 radical (unpaired) electrons. The fraction of sp³-hybridized carbons (Fsp3) is 0.478. The number of carbonyl (C=O) groups excluding carboxylic acids is 3. The second-order valence-electron chi connectivity index (χ2n) is 8.55. The highest BCUT2D eigenvalue weighted by molar-refractivity contribution is 8.01. The number of hydrogen-bond donors (Lipinski definition) is 1. The summed E-state index contributed by atoms with van der Waals surface area (Å²) in [6, 6.07) is 5.68. The van der Waals surface area contributed by atoms with E-state index in [4.69, 9.17) is 11.6 Å². The summed E-state index contributed by atoms with van der Waals surface area (Å²) in [5.74, 6) is 0.932. The molecule has 1 N–H and O–H groups in total. The topological polar surface area (TPSA) is 82.6 Å². The van der Waals surface area contributed by atoms with Gasteiger partial charge in [-0.05, 0) is 36.6 Å². The summed E-state index contributed by atoms with van der Waals surface area (Å²) in [5.41, 5.74) is 1.68. The molecule has 1 spiro atoms. The van der Waals surface area contributed by atoms with Crippen LogP contribution in [0.4, 0.5) is 5.69 Å². The molecule has 1 fully saturated rings. The number of nitrogens with one attached hydrogen (secondary N) is 1. The summed E-state index contributed by atoms with van der Waals surface area (Å²) in [6.45, 7) is 5.62. The van der Waals surface area contributed by atoms with Gasteiger partial charge in [0, 0.05) is 61.9 Å². The Balaban J connectivity index is 1.42. The van der Waals surface area contributed by atoms with Crippen molar-refractivity contribution in [3.05, 3.63) is 40.0 Å². The average Bonchev–Trinajstić information content (AvgIpc) is 3.47. The highest BCUT2D eigenvalue weighted by Crippen LogP contribution is 2.47. The number of amides is 3. The van der Waals surface area contributed by atoms with Crippen molar-refractivity contribution in [3.8, 4) is 0 Å². The van der Waals surface area contributed by atoms with Gasteiger partial charge in [0.15, 0.2) is 0 Å². The van der Waals surface area contributed by atoms with Crippen molar-refractivity contribution >= 4 is 58.1 Å². The van der Waals surface area contributed by atoms with E-state index in [0.717, 1.165) is 39.1 Å². The van der Waals surface area contributed by atoms with Crippen molar-refractivity contribution in [1.82, 2.24) is 15.2 Å². The third-order valence-corrected chi connectivity index (χ3v) is 8.67. The van der Waals surface area contributed by atoms with E-state index in [2.05, 4.69) is 10.3 Å². The molecule has 3 heterocycles. The zero-order chi connectivity index (χ0) is 23.6. The lowest BCUT2D eigenvalue weighted by molar-refractivity contribution is -0.128. The molecule has 0 saturated carbocycles. The normalized spacial score (nSPS) is 19.2. The maximum Gasteiger partial charge on any atom is 0.233 e. The van der Waals surface area contributed by atoms with Gasteiger partial charge >= 0.3 is 0 Å². The van der Waals surface area contributed by atoms with Crippen LogP contribution in [-0.2, 0) is 26.2 Å². The van der Waals surface area contributed by atoms with Crippen molar-refractivity contribution in [1.29, 1.82) is 0 Å². The third kappa shape index (κ3) is 5.36. The van der Waals surface area contributed by atoms with Crippen molar-refractivity contribution in [2.75, 3.05) is 36.8 Å². The first-order valence-corrected chi connectivity index (χ1v) is 13.1. The van der Waals surface area contributed by atoms with Crippen LogP contribution in [0.1, 0.15) is 37.3 Å². The molecule has 0 bridgehead atoms. The summed E-state index contributed by atoms with van der Waals surface area (Å²) < 4.78 is 1.07.